The van der Waals surface area contributed by atoms with E-state index in [2.05, 4.69) is 24.8 Å². The van der Waals surface area contributed by atoms with Crippen LogP contribution in [0.15, 0.2) is 49.1 Å². The van der Waals surface area contributed by atoms with Crippen LogP contribution in [-0.4, -0.2) is 66.5 Å². The number of hydrogen-bond donors (Lipinski definition) is 4. The molecule has 5 rings (SSSR count). The van der Waals surface area contributed by atoms with Gasteiger partial charge in [0.05, 0.1) is 12.9 Å². The molecule has 0 saturated carbocycles. The Kier molecular flexibility index (Phi) is 6.34. The van der Waals surface area contributed by atoms with Gasteiger partial charge in [0.2, 0.25) is 0 Å². The molecule has 3 aromatic rings. The molecule has 4 heterocycles. The standard InChI is InChI=1S/C20H21N6O8P/c21-20(27)25-17-14-18(23-9-22-17)26(10-24-14)19-16-15(12(32-19)8-31-35(28,29)30)33-13(34-16)7-6-11-4-2-1-3-5-11/h1-7,9-10,12-13,15-16,19H,8H2,(H2,28,29,30)(H3,21,22,23,25,27)/b7-6+/t12-,13+,15+,16?,19-/m1/s1. The van der Waals surface area contributed by atoms with Gasteiger partial charge in [0, 0.05) is 0 Å². The number of benzene rings is 1. The van der Waals surface area contributed by atoms with Crippen molar-refractivity contribution < 1.29 is 37.9 Å². The third kappa shape index (κ3) is 5.09. The fourth-order valence-electron chi connectivity index (χ4n) is 3.98. The van der Waals surface area contributed by atoms with Gasteiger partial charge in [-0.05, 0) is 11.6 Å². The Labute approximate surface area is 197 Å². The summed E-state index contributed by atoms with van der Waals surface area (Å²) < 4.78 is 35.6. The van der Waals surface area contributed by atoms with Crippen LogP contribution >= 0.6 is 7.82 Å². The quantitative estimate of drug-likeness (QED) is 0.337. The van der Waals surface area contributed by atoms with Crippen LogP contribution in [0.4, 0.5) is 10.6 Å². The minimum Gasteiger partial charge on any atom is -0.351 e. The zero-order valence-corrected chi connectivity index (χ0v) is 18.8. The Morgan fingerprint density at radius 3 is 2.69 bits per heavy atom. The molecule has 184 valence electrons. The van der Waals surface area contributed by atoms with Crippen LogP contribution in [0.5, 0.6) is 0 Å². The third-order valence-corrected chi connectivity index (χ3v) is 5.88. The number of carbonyl (C=O) groups is 1. The number of amides is 2. The van der Waals surface area contributed by atoms with Crippen molar-refractivity contribution in [2.75, 3.05) is 11.9 Å². The fourth-order valence-corrected chi connectivity index (χ4v) is 4.32. The number of anilines is 1. The maximum Gasteiger partial charge on any atom is 0.469 e. The molecule has 0 aliphatic carbocycles. The summed E-state index contributed by atoms with van der Waals surface area (Å²) in [5.41, 5.74) is 6.72. The van der Waals surface area contributed by atoms with Crippen molar-refractivity contribution in [1.82, 2.24) is 19.5 Å². The Balaban J connectivity index is 1.43. The van der Waals surface area contributed by atoms with E-state index in [9.17, 15) is 9.36 Å². The van der Waals surface area contributed by atoms with Crippen LogP contribution in [0.25, 0.3) is 17.2 Å². The number of phosphoric acid groups is 1. The van der Waals surface area contributed by atoms with Crippen molar-refractivity contribution in [3.8, 4) is 0 Å². The second-order valence-electron chi connectivity index (χ2n) is 7.73. The summed E-state index contributed by atoms with van der Waals surface area (Å²) in [6.45, 7) is -0.434. The average Bonchev–Trinajstić information content (AvgIpc) is 3.50. The number of aromatic nitrogens is 4. The number of carbonyl (C=O) groups excluding carboxylic acids is 1. The Morgan fingerprint density at radius 1 is 1.17 bits per heavy atom. The van der Waals surface area contributed by atoms with Crippen LogP contribution in [0.1, 0.15) is 11.8 Å². The minimum absolute atomic E-state index is 0.115. The fraction of sp³-hybridized carbons (Fsp3) is 0.300. The Morgan fingerprint density at radius 2 is 1.94 bits per heavy atom. The largest absolute Gasteiger partial charge is 0.469 e. The van der Waals surface area contributed by atoms with E-state index in [1.165, 1.54) is 12.7 Å². The van der Waals surface area contributed by atoms with Gasteiger partial charge in [0.25, 0.3) is 0 Å². The minimum atomic E-state index is -4.74. The molecule has 5 N–H and O–H groups in total. The number of rotatable bonds is 7. The normalized spacial score (nSPS) is 26.4. The van der Waals surface area contributed by atoms with Crippen molar-refractivity contribution in [3.05, 3.63) is 54.6 Å². The van der Waals surface area contributed by atoms with Gasteiger partial charge in [0.1, 0.15) is 24.6 Å². The van der Waals surface area contributed by atoms with Gasteiger partial charge in [-0.2, -0.15) is 0 Å². The van der Waals surface area contributed by atoms with E-state index in [0.29, 0.717) is 5.65 Å². The first-order valence-corrected chi connectivity index (χ1v) is 12.0. The second-order valence-corrected chi connectivity index (χ2v) is 8.97. The molecule has 5 atom stereocenters. The number of urea groups is 1. The zero-order chi connectivity index (χ0) is 24.6. The maximum absolute atomic E-state index is 11.3. The summed E-state index contributed by atoms with van der Waals surface area (Å²) in [7, 11) is -4.74. The van der Waals surface area contributed by atoms with Crippen molar-refractivity contribution >= 4 is 36.9 Å². The topological polar surface area (TPSA) is 193 Å². The van der Waals surface area contributed by atoms with Gasteiger partial charge in [-0.25, -0.2) is 24.3 Å². The lowest BCUT2D eigenvalue weighted by Gasteiger charge is -2.20. The highest BCUT2D eigenvalue weighted by atomic mass is 31.2. The van der Waals surface area contributed by atoms with E-state index in [-0.39, 0.29) is 11.3 Å². The van der Waals surface area contributed by atoms with Crippen LogP contribution < -0.4 is 11.1 Å². The van der Waals surface area contributed by atoms with E-state index in [0.717, 1.165) is 5.56 Å². The number of hydrogen-bond acceptors (Lipinski definition) is 9. The lowest BCUT2D eigenvalue weighted by molar-refractivity contribution is -0.132. The molecule has 0 spiro atoms. The predicted octanol–water partition coefficient (Wildman–Crippen LogP) is 1.15. The van der Waals surface area contributed by atoms with Crippen molar-refractivity contribution in [1.29, 1.82) is 0 Å². The molecule has 1 aromatic carbocycles. The molecule has 1 unspecified atom stereocenters. The van der Waals surface area contributed by atoms with E-state index in [1.807, 2.05) is 36.4 Å². The summed E-state index contributed by atoms with van der Waals surface area (Å²) in [6.07, 6.45) is 2.38. The van der Waals surface area contributed by atoms with Gasteiger partial charge < -0.3 is 29.7 Å². The first-order chi connectivity index (χ1) is 16.8. The number of fused-ring (bicyclic) bond motifs is 2. The first kappa shape index (κ1) is 23.5. The van der Waals surface area contributed by atoms with Gasteiger partial charge in [-0.3, -0.25) is 14.4 Å². The summed E-state index contributed by atoms with van der Waals surface area (Å²) >= 11 is 0. The molecule has 2 fully saturated rings. The number of nitrogens with zero attached hydrogens (tertiary/aromatic N) is 4. The molecular formula is C20H21N6O8P. The molecular weight excluding hydrogens is 483 g/mol. The number of imidazole rings is 1. The van der Waals surface area contributed by atoms with Gasteiger partial charge >= 0.3 is 13.9 Å². The molecule has 15 heteroatoms. The van der Waals surface area contributed by atoms with E-state index in [1.54, 1.807) is 10.6 Å². The first-order valence-electron chi connectivity index (χ1n) is 10.4. The highest BCUT2D eigenvalue weighted by molar-refractivity contribution is 7.46. The summed E-state index contributed by atoms with van der Waals surface area (Å²) in [6, 6.07) is 8.73. The van der Waals surface area contributed by atoms with E-state index in [4.69, 9.17) is 29.7 Å². The van der Waals surface area contributed by atoms with Gasteiger partial charge in [0.15, 0.2) is 29.5 Å². The van der Waals surface area contributed by atoms with Crippen LogP contribution in [0.3, 0.4) is 0 Å². The lowest BCUT2D eigenvalue weighted by atomic mass is 10.1. The molecule has 14 nitrogen and oxygen atoms in total. The predicted molar refractivity (Wildman–Crippen MR) is 119 cm³/mol. The van der Waals surface area contributed by atoms with Crippen molar-refractivity contribution in [2.24, 2.45) is 5.73 Å². The van der Waals surface area contributed by atoms with Crippen LogP contribution in [0, 0.1) is 0 Å². The Bertz CT molecular complexity index is 1300. The number of nitrogens with two attached hydrogens (primary N) is 1. The average molecular weight is 504 g/mol. The molecule has 2 amide bonds. The third-order valence-electron chi connectivity index (χ3n) is 5.39. The van der Waals surface area contributed by atoms with Crippen LogP contribution in [0.2, 0.25) is 0 Å². The van der Waals surface area contributed by atoms with Crippen molar-refractivity contribution in [3.63, 3.8) is 0 Å². The molecule has 2 saturated heterocycles. The highest BCUT2D eigenvalue weighted by Gasteiger charge is 2.53. The second kappa shape index (κ2) is 9.43. The number of phosphoric ester groups is 1. The Hall–Kier alpha value is -3.23. The van der Waals surface area contributed by atoms with Gasteiger partial charge in [-0.1, -0.05) is 36.4 Å². The SMILES string of the molecule is NC(=O)Nc1ncnc2c1ncn2[C@@H]1O[C@H](COP(=O)(O)O)[C@@H]2O[C@H](/C=C/c3ccccc3)OC21. The molecule has 2 aliphatic heterocycles. The number of primary amides is 1. The summed E-state index contributed by atoms with van der Waals surface area (Å²) in [5, 5.41) is 2.38. The van der Waals surface area contributed by atoms with Crippen molar-refractivity contribution in [2.45, 2.75) is 30.8 Å². The number of nitrogens with one attached hydrogen (secondary N) is 1. The van der Waals surface area contributed by atoms with Crippen LogP contribution in [-0.2, 0) is 23.3 Å². The lowest BCUT2D eigenvalue weighted by Crippen LogP contribution is -2.31. The highest BCUT2D eigenvalue weighted by Crippen LogP contribution is 2.43. The summed E-state index contributed by atoms with van der Waals surface area (Å²) in [4.78, 5) is 42.0. The molecule has 35 heavy (non-hydrogen) atoms. The molecule has 2 aliphatic rings. The molecule has 2 aromatic heterocycles. The van der Waals surface area contributed by atoms with E-state index >= 15 is 0 Å². The van der Waals surface area contributed by atoms with Gasteiger partial charge in [-0.15, -0.1) is 0 Å². The smallest absolute Gasteiger partial charge is 0.351 e. The maximum atomic E-state index is 11.3. The monoisotopic (exact) mass is 504 g/mol. The molecule has 0 bridgehead atoms. The number of ether oxygens (including phenoxy) is 3. The zero-order valence-electron chi connectivity index (χ0n) is 17.9. The molecule has 0 radical (unpaired) electrons. The van der Waals surface area contributed by atoms with E-state index < -0.39 is 51.3 Å². The summed E-state index contributed by atoms with van der Waals surface area (Å²) in [5.74, 6) is 0.115.